The summed E-state index contributed by atoms with van der Waals surface area (Å²) in [6.45, 7) is 2.88. The van der Waals surface area contributed by atoms with Gasteiger partial charge in [0.25, 0.3) is 0 Å². The van der Waals surface area contributed by atoms with Crippen LogP contribution in [0.25, 0.3) is 0 Å². The van der Waals surface area contributed by atoms with Crippen LogP contribution in [0.2, 0.25) is 10.0 Å². The summed E-state index contributed by atoms with van der Waals surface area (Å²) in [5.74, 6) is 0.615. The van der Waals surface area contributed by atoms with E-state index in [1.807, 2.05) is 6.07 Å². The van der Waals surface area contributed by atoms with Crippen molar-refractivity contribution in [1.29, 1.82) is 0 Å². The number of carbonyl (C=O) groups is 2. The minimum Gasteiger partial charge on any atom is -0.378 e. The Balaban J connectivity index is 1.73. The largest absolute Gasteiger partial charge is 0.378 e. The number of benzene rings is 1. The van der Waals surface area contributed by atoms with Crippen molar-refractivity contribution < 1.29 is 14.3 Å². The van der Waals surface area contributed by atoms with E-state index in [0.29, 0.717) is 48.6 Å². The van der Waals surface area contributed by atoms with E-state index in [4.69, 9.17) is 27.9 Å². The Hall–Kier alpha value is -0.950. The summed E-state index contributed by atoms with van der Waals surface area (Å²) in [4.78, 5) is 27.6. The number of morpholine rings is 1. The Bertz CT molecular complexity index is 595. The molecule has 1 aromatic carbocycles. The normalized spacial score (nSPS) is 14.5. The Labute approximate surface area is 156 Å². The molecule has 1 aliphatic heterocycles. The molecule has 0 saturated carbocycles. The maximum atomic E-state index is 12.2. The minimum atomic E-state index is -0.0270. The second-order valence-electron chi connectivity index (χ2n) is 5.48. The van der Waals surface area contributed by atoms with E-state index in [1.165, 1.54) is 11.8 Å². The molecule has 1 aromatic rings. The zero-order chi connectivity index (χ0) is 17.5. The number of nitrogens with zero attached hydrogens (tertiary/aromatic N) is 2. The molecule has 2 rings (SSSR count). The predicted molar refractivity (Wildman–Crippen MR) is 97.7 cm³/mol. The maximum Gasteiger partial charge on any atom is 0.232 e. The smallest absolute Gasteiger partial charge is 0.232 e. The molecule has 1 fully saturated rings. The highest BCUT2D eigenvalue weighted by Crippen LogP contribution is 2.23. The number of halogens is 2. The van der Waals surface area contributed by atoms with Crippen molar-refractivity contribution in [2.24, 2.45) is 0 Å². The van der Waals surface area contributed by atoms with Crippen LogP contribution in [0, 0.1) is 0 Å². The molecule has 24 heavy (non-hydrogen) atoms. The van der Waals surface area contributed by atoms with E-state index in [-0.39, 0.29) is 17.6 Å². The van der Waals surface area contributed by atoms with Crippen molar-refractivity contribution in [3.05, 3.63) is 33.8 Å². The molecular weight excluding hydrogens is 371 g/mol. The Morgan fingerprint density at radius 1 is 1.21 bits per heavy atom. The van der Waals surface area contributed by atoms with Gasteiger partial charge in [-0.2, -0.15) is 0 Å². The predicted octanol–water partition coefficient (Wildman–Crippen LogP) is 2.54. The summed E-state index contributed by atoms with van der Waals surface area (Å²) in [5.41, 5.74) is 0.912. The fourth-order valence-electron chi connectivity index (χ4n) is 2.24. The van der Waals surface area contributed by atoms with Crippen LogP contribution in [0.5, 0.6) is 0 Å². The quantitative estimate of drug-likeness (QED) is 0.748. The van der Waals surface area contributed by atoms with Gasteiger partial charge in [-0.3, -0.25) is 9.59 Å². The Kier molecular flexibility index (Phi) is 7.68. The first kappa shape index (κ1) is 19.4. The van der Waals surface area contributed by atoms with E-state index >= 15 is 0 Å². The fourth-order valence-corrected chi connectivity index (χ4v) is 3.41. The minimum absolute atomic E-state index is 0.0270. The van der Waals surface area contributed by atoms with Crippen molar-refractivity contribution in [2.75, 3.05) is 44.9 Å². The van der Waals surface area contributed by atoms with Crippen LogP contribution in [0.4, 0.5) is 0 Å². The molecule has 0 spiro atoms. The number of hydrogen-bond acceptors (Lipinski definition) is 4. The fraction of sp³-hybridized carbons (Fsp3) is 0.500. The van der Waals surface area contributed by atoms with Gasteiger partial charge in [0.05, 0.1) is 34.8 Å². The van der Waals surface area contributed by atoms with Crippen molar-refractivity contribution in [1.82, 2.24) is 9.80 Å². The SMILES string of the molecule is CN(Cc1ccc(Cl)c(Cl)c1)C(=O)CSCC(=O)N1CCOCC1. The van der Waals surface area contributed by atoms with E-state index < -0.39 is 0 Å². The molecule has 5 nitrogen and oxygen atoms in total. The van der Waals surface area contributed by atoms with Gasteiger partial charge in [0.1, 0.15) is 0 Å². The molecule has 0 unspecified atom stereocenters. The topological polar surface area (TPSA) is 49.9 Å². The molecule has 0 bridgehead atoms. The number of rotatable bonds is 6. The second kappa shape index (κ2) is 9.51. The third kappa shape index (κ3) is 5.84. The van der Waals surface area contributed by atoms with Crippen molar-refractivity contribution in [2.45, 2.75) is 6.54 Å². The van der Waals surface area contributed by atoms with Crippen molar-refractivity contribution in [3.63, 3.8) is 0 Å². The molecule has 132 valence electrons. The lowest BCUT2D eigenvalue weighted by Crippen LogP contribution is -2.41. The molecular formula is C16H20Cl2N2O3S. The lowest BCUT2D eigenvalue weighted by Gasteiger charge is -2.26. The van der Waals surface area contributed by atoms with Gasteiger partial charge in [-0.15, -0.1) is 11.8 Å². The van der Waals surface area contributed by atoms with Gasteiger partial charge in [0.15, 0.2) is 0 Å². The van der Waals surface area contributed by atoms with Gasteiger partial charge in [0, 0.05) is 26.7 Å². The summed E-state index contributed by atoms with van der Waals surface area (Å²) in [6.07, 6.45) is 0. The summed E-state index contributed by atoms with van der Waals surface area (Å²) in [7, 11) is 1.73. The standard InChI is InChI=1S/C16H20Cl2N2O3S/c1-19(9-12-2-3-13(17)14(18)8-12)15(21)10-24-11-16(22)20-4-6-23-7-5-20/h2-3,8H,4-7,9-11H2,1H3. The van der Waals surface area contributed by atoms with Crippen LogP contribution in [0.3, 0.4) is 0 Å². The van der Waals surface area contributed by atoms with E-state index in [2.05, 4.69) is 0 Å². The van der Waals surface area contributed by atoms with Gasteiger partial charge < -0.3 is 14.5 Å². The average Bonchev–Trinajstić information content (AvgIpc) is 2.58. The monoisotopic (exact) mass is 390 g/mol. The van der Waals surface area contributed by atoms with Crippen LogP contribution >= 0.6 is 35.0 Å². The summed E-state index contributed by atoms with van der Waals surface area (Å²) < 4.78 is 5.22. The molecule has 1 heterocycles. The molecule has 0 aliphatic carbocycles. The average molecular weight is 391 g/mol. The zero-order valence-corrected chi connectivity index (χ0v) is 15.8. The lowest BCUT2D eigenvalue weighted by atomic mass is 10.2. The first-order valence-electron chi connectivity index (χ1n) is 7.58. The van der Waals surface area contributed by atoms with Gasteiger partial charge in [-0.05, 0) is 17.7 Å². The van der Waals surface area contributed by atoms with Gasteiger partial charge >= 0.3 is 0 Å². The highest BCUT2D eigenvalue weighted by molar-refractivity contribution is 8.00. The molecule has 0 radical (unpaired) electrons. The molecule has 0 N–H and O–H groups in total. The van der Waals surface area contributed by atoms with E-state index in [9.17, 15) is 9.59 Å². The van der Waals surface area contributed by atoms with Crippen LogP contribution in [-0.2, 0) is 20.9 Å². The first-order chi connectivity index (χ1) is 11.5. The Morgan fingerprint density at radius 3 is 2.58 bits per heavy atom. The van der Waals surface area contributed by atoms with Crippen molar-refractivity contribution in [3.8, 4) is 0 Å². The molecule has 1 saturated heterocycles. The molecule has 2 amide bonds. The molecule has 0 atom stereocenters. The van der Waals surface area contributed by atoms with Gasteiger partial charge in [-0.25, -0.2) is 0 Å². The third-order valence-corrected chi connectivity index (χ3v) is 5.29. The van der Waals surface area contributed by atoms with Crippen LogP contribution in [-0.4, -0.2) is 66.5 Å². The molecule has 0 aromatic heterocycles. The Morgan fingerprint density at radius 2 is 1.92 bits per heavy atom. The highest BCUT2D eigenvalue weighted by atomic mass is 35.5. The number of carbonyl (C=O) groups excluding carboxylic acids is 2. The first-order valence-corrected chi connectivity index (χ1v) is 9.49. The van der Waals surface area contributed by atoms with Crippen molar-refractivity contribution >= 4 is 46.8 Å². The number of hydrogen-bond donors (Lipinski definition) is 0. The third-order valence-electron chi connectivity index (χ3n) is 3.64. The van der Waals surface area contributed by atoms with Crippen LogP contribution in [0.1, 0.15) is 5.56 Å². The second-order valence-corrected chi connectivity index (χ2v) is 7.28. The van der Waals surface area contributed by atoms with Crippen LogP contribution in [0.15, 0.2) is 18.2 Å². The van der Waals surface area contributed by atoms with Gasteiger partial charge in [0.2, 0.25) is 11.8 Å². The van der Waals surface area contributed by atoms with E-state index in [0.717, 1.165) is 5.56 Å². The summed E-state index contributed by atoms with van der Waals surface area (Å²) in [5, 5.41) is 0.965. The summed E-state index contributed by atoms with van der Waals surface area (Å²) >= 11 is 13.2. The van der Waals surface area contributed by atoms with Crippen LogP contribution < -0.4 is 0 Å². The number of ether oxygens (including phenoxy) is 1. The highest BCUT2D eigenvalue weighted by Gasteiger charge is 2.17. The maximum absolute atomic E-state index is 12.2. The molecule has 8 heteroatoms. The lowest BCUT2D eigenvalue weighted by molar-refractivity contribution is -0.132. The number of amides is 2. The molecule has 1 aliphatic rings. The van der Waals surface area contributed by atoms with Gasteiger partial charge in [-0.1, -0.05) is 29.3 Å². The number of thioether (sulfide) groups is 1. The van der Waals surface area contributed by atoms with E-state index in [1.54, 1.807) is 29.0 Å². The summed E-state index contributed by atoms with van der Waals surface area (Å²) in [6, 6.07) is 5.31. The zero-order valence-electron chi connectivity index (χ0n) is 13.5.